The number of carbonyl (C=O) groups excluding carboxylic acids is 1. The summed E-state index contributed by atoms with van der Waals surface area (Å²) >= 11 is 0. The minimum atomic E-state index is 0.167. The lowest BCUT2D eigenvalue weighted by Crippen LogP contribution is -2.39. The van der Waals surface area contributed by atoms with Crippen molar-refractivity contribution in [2.75, 3.05) is 19.6 Å². The maximum Gasteiger partial charge on any atom is 0.318 e. The second-order valence-electron chi connectivity index (χ2n) is 5.05. The maximum absolute atomic E-state index is 11.8. The van der Waals surface area contributed by atoms with Gasteiger partial charge in [-0.25, -0.2) is 4.79 Å². The number of carbonyl (C=O) groups is 1. The normalized spacial score (nSPS) is 36.8. The Morgan fingerprint density at radius 2 is 2.13 bits per heavy atom. The van der Waals surface area contributed by atoms with Crippen molar-refractivity contribution in [1.82, 2.24) is 15.5 Å². The zero-order chi connectivity index (χ0) is 10.3. The van der Waals surface area contributed by atoms with Gasteiger partial charge in [-0.2, -0.15) is 0 Å². The minimum absolute atomic E-state index is 0.167. The third-order valence-corrected chi connectivity index (χ3v) is 4.16. The maximum atomic E-state index is 11.8. The molecule has 0 aromatic carbocycles. The van der Waals surface area contributed by atoms with Crippen molar-refractivity contribution in [1.29, 1.82) is 0 Å². The van der Waals surface area contributed by atoms with Crippen LogP contribution in [0.25, 0.3) is 0 Å². The highest BCUT2D eigenvalue weighted by molar-refractivity contribution is 5.77. The van der Waals surface area contributed by atoms with Crippen LogP contribution in [0, 0.1) is 5.92 Å². The van der Waals surface area contributed by atoms with Gasteiger partial charge in [0, 0.05) is 19.1 Å². The molecule has 2 heterocycles. The van der Waals surface area contributed by atoms with E-state index in [2.05, 4.69) is 10.6 Å². The molecule has 0 spiro atoms. The lowest BCUT2D eigenvalue weighted by molar-refractivity contribution is 0.199. The van der Waals surface area contributed by atoms with Crippen LogP contribution in [0.5, 0.6) is 0 Å². The van der Waals surface area contributed by atoms with Gasteiger partial charge in [-0.3, -0.25) is 0 Å². The van der Waals surface area contributed by atoms with Gasteiger partial charge in [-0.05, 0) is 31.7 Å². The predicted molar refractivity (Wildman–Crippen MR) is 57.6 cm³/mol. The van der Waals surface area contributed by atoms with Gasteiger partial charge in [0.25, 0.3) is 0 Å². The van der Waals surface area contributed by atoms with E-state index >= 15 is 0 Å². The quantitative estimate of drug-likeness (QED) is 0.697. The summed E-state index contributed by atoms with van der Waals surface area (Å²) < 4.78 is 0. The SMILES string of the molecule is O=C1NC(C2CCC2)CN1C1CCNC1. The third kappa shape index (κ3) is 1.61. The van der Waals surface area contributed by atoms with Crippen LogP contribution in [0.4, 0.5) is 4.79 Å². The third-order valence-electron chi connectivity index (χ3n) is 4.16. The number of urea groups is 1. The summed E-state index contributed by atoms with van der Waals surface area (Å²) in [6, 6.07) is 1.04. The van der Waals surface area contributed by atoms with Crippen LogP contribution in [0.3, 0.4) is 0 Å². The van der Waals surface area contributed by atoms with Crippen LogP contribution < -0.4 is 10.6 Å². The van der Waals surface area contributed by atoms with E-state index in [1.165, 1.54) is 19.3 Å². The van der Waals surface area contributed by atoms with Gasteiger partial charge in [-0.1, -0.05) is 6.42 Å². The summed E-state index contributed by atoms with van der Waals surface area (Å²) in [5.41, 5.74) is 0. The number of nitrogens with one attached hydrogen (secondary N) is 2. The summed E-state index contributed by atoms with van der Waals surface area (Å²) in [6.45, 7) is 2.98. The molecule has 3 rings (SSSR count). The topological polar surface area (TPSA) is 44.4 Å². The van der Waals surface area contributed by atoms with Gasteiger partial charge >= 0.3 is 6.03 Å². The molecule has 1 aliphatic carbocycles. The Bertz CT molecular complexity index is 259. The average molecular weight is 209 g/mol. The lowest BCUT2D eigenvalue weighted by atomic mass is 9.80. The Morgan fingerprint density at radius 3 is 2.73 bits per heavy atom. The summed E-state index contributed by atoms with van der Waals surface area (Å²) in [4.78, 5) is 13.8. The van der Waals surface area contributed by atoms with Crippen molar-refractivity contribution >= 4 is 6.03 Å². The van der Waals surface area contributed by atoms with Gasteiger partial charge in [0.05, 0.1) is 6.04 Å². The Morgan fingerprint density at radius 1 is 1.27 bits per heavy atom. The molecule has 84 valence electrons. The summed E-state index contributed by atoms with van der Waals surface area (Å²) in [6.07, 6.45) is 5.08. The van der Waals surface area contributed by atoms with Crippen molar-refractivity contribution in [2.45, 2.75) is 37.8 Å². The molecule has 1 saturated carbocycles. The van der Waals surface area contributed by atoms with Gasteiger partial charge < -0.3 is 15.5 Å². The van der Waals surface area contributed by atoms with Crippen molar-refractivity contribution in [3.05, 3.63) is 0 Å². The number of hydrogen-bond acceptors (Lipinski definition) is 2. The minimum Gasteiger partial charge on any atom is -0.333 e. The average Bonchev–Trinajstić information content (AvgIpc) is 2.70. The first-order chi connectivity index (χ1) is 7.34. The molecule has 0 aromatic heterocycles. The highest BCUT2D eigenvalue weighted by Gasteiger charge is 2.39. The Kier molecular flexibility index (Phi) is 2.31. The molecular formula is C11H19N3O. The number of amides is 2. The molecule has 2 amide bonds. The summed E-state index contributed by atoms with van der Waals surface area (Å²) in [7, 11) is 0. The molecule has 2 N–H and O–H groups in total. The van der Waals surface area contributed by atoms with Gasteiger partial charge in [-0.15, -0.1) is 0 Å². The molecule has 2 unspecified atom stereocenters. The largest absolute Gasteiger partial charge is 0.333 e. The summed E-state index contributed by atoms with van der Waals surface area (Å²) in [5.74, 6) is 0.758. The van der Waals surface area contributed by atoms with E-state index in [4.69, 9.17) is 0 Å². The highest BCUT2D eigenvalue weighted by atomic mass is 16.2. The molecule has 0 aromatic rings. The van der Waals surface area contributed by atoms with Gasteiger partial charge in [0.2, 0.25) is 0 Å². The van der Waals surface area contributed by atoms with E-state index in [0.29, 0.717) is 12.1 Å². The number of nitrogens with zero attached hydrogens (tertiary/aromatic N) is 1. The molecule has 0 radical (unpaired) electrons. The van der Waals surface area contributed by atoms with Crippen LogP contribution in [-0.4, -0.2) is 42.6 Å². The van der Waals surface area contributed by atoms with Gasteiger partial charge in [0.15, 0.2) is 0 Å². The molecule has 2 aliphatic heterocycles. The fourth-order valence-electron chi connectivity index (χ4n) is 2.91. The van der Waals surface area contributed by atoms with E-state index in [1.54, 1.807) is 0 Å². The second-order valence-corrected chi connectivity index (χ2v) is 5.05. The molecule has 15 heavy (non-hydrogen) atoms. The zero-order valence-corrected chi connectivity index (χ0v) is 9.04. The van der Waals surface area contributed by atoms with E-state index in [0.717, 1.165) is 32.0 Å². The summed E-state index contributed by atoms with van der Waals surface area (Å²) in [5, 5.41) is 6.46. The van der Waals surface area contributed by atoms with Crippen molar-refractivity contribution in [2.24, 2.45) is 5.92 Å². The first kappa shape index (κ1) is 9.46. The molecule has 2 atom stereocenters. The van der Waals surface area contributed by atoms with E-state index < -0.39 is 0 Å². The molecular weight excluding hydrogens is 190 g/mol. The standard InChI is InChI=1S/C11H19N3O/c15-11-13-10(8-2-1-3-8)7-14(11)9-4-5-12-6-9/h8-10,12H,1-7H2,(H,13,15). The second kappa shape index (κ2) is 3.67. The van der Waals surface area contributed by atoms with Crippen LogP contribution in [0.2, 0.25) is 0 Å². The Labute approximate surface area is 90.4 Å². The smallest absolute Gasteiger partial charge is 0.318 e. The van der Waals surface area contributed by atoms with Crippen molar-refractivity contribution < 1.29 is 4.79 Å². The fraction of sp³-hybridized carbons (Fsp3) is 0.909. The predicted octanol–water partition coefficient (Wildman–Crippen LogP) is 0.542. The molecule has 4 heteroatoms. The van der Waals surface area contributed by atoms with Crippen LogP contribution >= 0.6 is 0 Å². The van der Waals surface area contributed by atoms with Gasteiger partial charge in [0.1, 0.15) is 0 Å². The van der Waals surface area contributed by atoms with E-state index in [-0.39, 0.29) is 6.03 Å². The first-order valence-corrected chi connectivity index (χ1v) is 6.12. The molecule has 3 fully saturated rings. The first-order valence-electron chi connectivity index (χ1n) is 6.12. The van der Waals surface area contributed by atoms with Crippen molar-refractivity contribution in [3.8, 4) is 0 Å². The van der Waals surface area contributed by atoms with Crippen LogP contribution in [0.15, 0.2) is 0 Å². The number of hydrogen-bond donors (Lipinski definition) is 2. The fourth-order valence-corrected chi connectivity index (χ4v) is 2.91. The van der Waals surface area contributed by atoms with Crippen LogP contribution in [-0.2, 0) is 0 Å². The highest BCUT2D eigenvalue weighted by Crippen LogP contribution is 2.32. The zero-order valence-electron chi connectivity index (χ0n) is 9.04. The number of rotatable bonds is 2. The Balaban J connectivity index is 1.62. The van der Waals surface area contributed by atoms with E-state index in [1.807, 2.05) is 4.90 Å². The molecule has 0 bridgehead atoms. The lowest BCUT2D eigenvalue weighted by Gasteiger charge is -2.31. The molecule has 4 nitrogen and oxygen atoms in total. The monoisotopic (exact) mass is 209 g/mol. The Hall–Kier alpha value is -0.770. The van der Waals surface area contributed by atoms with E-state index in [9.17, 15) is 4.79 Å². The molecule has 3 aliphatic rings. The molecule has 2 saturated heterocycles. The van der Waals surface area contributed by atoms with Crippen LogP contribution in [0.1, 0.15) is 25.7 Å². The van der Waals surface area contributed by atoms with Crippen molar-refractivity contribution in [3.63, 3.8) is 0 Å².